The van der Waals surface area contributed by atoms with Gasteiger partial charge in [-0.15, -0.1) is 0 Å². The molecule has 2 aromatic carbocycles. The van der Waals surface area contributed by atoms with Crippen molar-refractivity contribution in [3.8, 4) is 0 Å². The van der Waals surface area contributed by atoms with Crippen molar-refractivity contribution in [3.05, 3.63) is 71.8 Å². The maximum absolute atomic E-state index is 12.8. The van der Waals surface area contributed by atoms with E-state index >= 15 is 0 Å². The summed E-state index contributed by atoms with van der Waals surface area (Å²) in [6, 6.07) is 18.5. The predicted octanol–water partition coefficient (Wildman–Crippen LogP) is 1.75. The number of nitrogens with zero attached hydrogens (tertiary/aromatic N) is 1. The highest BCUT2D eigenvalue weighted by atomic mass is 16.3. The van der Waals surface area contributed by atoms with Crippen LogP contribution in [0.1, 0.15) is 18.1 Å². The molecule has 2 rings (SSSR count). The first kappa shape index (κ1) is 18.7. The molecular formula is C20H24N2O3. The molecule has 0 saturated carbocycles. The van der Waals surface area contributed by atoms with Crippen LogP contribution in [0.5, 0.6) is 0 Å². The van der Waals surface area contributed by atoms with Crippen LogP contribution in [0.4, 0.5) is 0 Å². The van der Waals surface area contributed by atoms with Gasteiger partial charge in [0.25, 0.3) is 0 Å². The summed E-state index contributed by atoms with van der Waals surface area (Å²) in [5.41, 5.74) is 1.87. The number of nitrogens with one attached hydrogen (secondary N) is 1. The lowest BCUT2D eigenvalue weighted by atomic mass is 10.1. The molecule has 5 heteroatoms. The average Bonchev–Trinajstić information content (AvgIpc) is 2.65. The predicted molar refractivity (Wildman–Crippen MR) is 96.7 cm³/mol. The van der Waals surface area contributed by atoms with Crippen LogP contribution in [-0.4, -0.2) is 41.0 Å². The number of aliphatic hydroxyl groups is 1. The van der Waals surface area contributed by atoms with Gasteiger partial charge in [0.05, 0.1) is 13.0 Å². The zero-order valence-electron chi connectivity index (χ0n) is 14.4. The summed E-state index contributed by atoms with van der Waals surface area (Å²) in [4.78, 5) is 26.7. The van der Waals surface area contributed by atoms with Crippen LogP contribution in [-0.2, 0) is 22.6 Å². The van der Waals surface area contributed by atoms with E-state index in [0.717, 1.165) is 11.1 Å². The zero-order chi connectivity index (χ0) is 18.1. The van der Waals surface area contributed by atoms with Gasteiger partial charge in [0, 0.05) is 13.1 Å². The van der Waals surface area contributed by atoms with Crippen molar-refractivity contribution in [1.82, 2.24) is 10.2 Å². The molecule has 2 N–H and O–H groups in total. The molecule has 0 aliphatic carbocycles. The second-order valence-corrected chi connectivity index (χ2v) is 5.86. The number of carbonyl (C=O) groups is 2. The Labute approximate surface area is 148 Å². The Morgan fingerprint density at radius 3 is 2.12 bits per heavy atom. The summed E-state index contributed by atoms with van der Waals surface area (Å²) in [6.07, 6.45) is 0.241. The lowest BCUT2D eigenvalue weighted by Gasteiger charge is -2.29. The van der Waals surface area contributed by atoms with Gasteiger partial charge in [0.15, 0.2) is 0 Å². The van der Waals surface area contributed by atoms with E-state index in [9.17, 15) is 9.59 Å². The van der Waals surface area contributed by atoms with E-state index in [4.69, 9.17) is 5.11 Å². The minimum Gasteiger partial charge on any atom is -0.395 e. The molecule has 25 heavy (non-hydrogen) atoms. The van der Waals surface area contributed by atoms with Crippen molar-refractivity contribution in [3.63, 3.8) is 0 Å². The first-order valence-corrected chi connectivity index (χ1v) is 8.37. The van der Waals surface area contributed by atoms with Crippen LogP contribution in [0.3, 0.4) is 0 Å². The fraction of sp³-hybridized carbons (Fsp3) is 0.300. The molecule has 1 atom stereocenters. The molecule has 1 unspecified atom stereocenters. The molecule has 2 aromatic rings. The second-order valence-electron chi connectivity index (χ2n) is 5.86. The van der Waals surface area contributed by atoms with Crippen molar-refractivity contribution in [2.45, 2.75) is 25.9 Å². The molecule has 0 radical (unpaired) electrons. The second kappa shape index (κ2) is 9.59. The van der Waals surface area contributed by atoms with Crippen LogP contribution in [0.25, 0.3) is 0 Å². The quantitative estimate of drug-likeness (QED) is 0.769. The third kappa shape index (κ3) is 5.72. The molecule has 0 fully saturated rings. The highest BCUT2D eigenvalue weighted by molar-refractivity contribution is 5.88. The average molecular weight is 340 g/mol. The summed E-state index contributed by atoms with van der Waals surface area (Å²) in [5.74, 6) is -0.381. The number of hydrogen-bond donors (Lipinski definition) is 2. The lowest BCUT2D eigenvalue weighted by Crippen LogP contribution is -2.48. The Morgan fingerprint density at radius 1 is 1.00 bits per heavy atom. The number of aliphatic hydroxyl groups excluding tert-OH is 1. The fourth-order valence-electron chi connectivity index (χ4n) is 2.56. The molecule has 0 aliphatic rings. The number of hydrogen-bond acceptors (Lipinski definition) is 3. The van der Waals surface area contributed by atoms with Gasteiger partial charge in [0.2, 0.25) is 11.8 Å². The molecule has 0 aromatic heterocycles. The molecule has 0 aliphatic heterocycles. The zero-order valence-corrected chi connectivity index (χ0v) is 14.4. The Bertz CT molecular complexity index is 674. The molecule has 0 saturated heterocycles. The topological polar surface area (TPSA) is 69.6 Å². The van der Waals surface area contributed by atoms with Crippen molar-refractivity contribution in [2.24, 2.45) is 0 Å². The largest absolute Gasteiger partial charge is 0.395 e. The van der Waals surface area contributed by atoms with Gasteiger partial charge in [-0.1, -0.05) is 60.7 Å². The van der Waals surface area contributed by atoms with Crippen LogP contribution < -0.4 is 5.32 Å². The van der Waals surface area contributed by atoms with E-state index in [1.165, 1.54) is 0 Å². The Kier molecular flexibility index (Phi) is 7.16. The first-order valence-electron chi connectivity index (χ1n) is 8.37. The highest BCUT2D eigenvalue weighted by Gasteiger charge is 2.25. The third-order valence-corrected chi connectivity index (χ3v) is 3.97. The van der Waals surface area contributed by atoms with Gasteiger partial charge < -0.3 is 15.3 Å². The van der Waals surface area contributed by atoms with E-state index in [2.05, 4.69) is 5.32 Å². The van der Waals surface area contributed by atoms with Crippen molar-refractivity contribution >= 4 is 11.8 Å². The molecular weight excluding hydrogens is 316 g/mol. The van der Waals surface area contributed by atoms with E-state index < -0.39 is 6.04 Å². The van der Waals surface area contributed by atoms with Crippen molar-refractivity contribution < 1.29 is 14.7 Å². The van der Waals surface area contributed by atoms with Crippen molar-refractivity contribution in [2.75, 3.05) is 13.2 Å². The fourth-order valence-corrected chi connectivity index (χ4v) is 2.56. The molecule has 0 spiro atoms. The van der Waals surface area contributed by atoms with Gasteiger partial charge in [-0.2, -0.15) is 0 Å². The standard InChI is InChI=1S/C20H24N2O3/c1-16(20(25)21-12-13-23)22(15-18-10-6-3-7-11-18)19(24)14-17-8-4-2-5-9-17/h2-11,16,23H,12-15H2,1H3,(H,21,25). The van der Waals surface area contributed by atoms with E-state index in [1.54, 1.807) is 11.8 Å². The van der Waals surface area contributed by atoms with Gasteiger partial charge in [-0.05, 0) is 18.1 Å². The first-order chi connectivity index (χ1) is 12.1. The van der Waals surface area contributed by atoms with E-state index in [1.807, 2.05) is 60.7 Å². The van der Waals surface area contributed by atoms with Gasteiger partial charge in [-0.25, -0.2) is 0 Å². The molecule has 0 bridgehead atoms. The minimum absolute atomic E-state index is 0.110. The monoisotopic (exact) mass is 340 g/mol. The number of benzene rings is 2. The minimum atomic E-state index is -0.622. The lowest BCUT2D eigenvalue weighted by molar-refractivity contribution is -0.140. The van der Waals surface area contributed by atoms with Gasteiger partial charge in [0.1, 0.15) is 6.04 Å². The maximum Gasteiger partial charge on any atom is 0.242 e. The van der Waals surface area contributed by atoms with Crippen LogP contribution in [0.2, 0.25) is 0 Å². The molecule has 5 nitrogen and oxygen atoms in total. The van der Waals surface area contributed by atoms with Crippen LogP contribution in [0, 0.1) is 0 Å². The maximum atomic E-state index is 12.8. The van der Waals surface area contributed by atoms with Crippen LogP contribution >= 0.6 is 0 Å². The highest BCUT2D eigenvalue weighted by Crippen LogP contribution is 2.12. The third-order valence-electron chi connectivity index (χ3n) is 3.97. The number of carbonyl (C=O) groups excluding carboxylic acids is 2. The van der Waals surface area contributed by atoms with E-state index in [0.29, 0.717) is 6.54 Å². The number of amides is 2. The van der Waals surface area contributed by atoms with Crippen molar-refractivity contribution in [1.29, 1.82) is 0 Å². The Morgan fingerprint density at radius 2 is 1.56 bits per heavy atom. The number of rotatable bonds is 8. The summed E-state index contributed by atoms with van der Waals surface area (Å²) in [6.45, 7) is 2.11. The Balaban J connectivity index is 2.15. The Hall–Kier alpha value is -2.66. The summed E-state index contributed by atoms with van der Waals surface area (Å²) in [5, 5.41) is 11.5. The summed E-state index contributed by atoms with van der Waals surface area (Å²) in [7, 11) is 0. The van der Waals surface area contributed by atoms with Crippen LogP contribution in [0.15, 0.2) is 60.7 Å². The molecule has 132 valence electrons. The smallest absolute Gasteiger partial charge is 0.242 e. The SMILES string of the molecule is CC(C(=O)NCCO)N(Cc1ccccc1)C(=O)Cc1ccccc1. The molecule has 2 amide bonds. The summed E-state index contributed by atoms with van der Waals surface area (Å²) < 4.78 is 0. The van der Waals surface area contributed by atoms with E-state index in [-0.39, 0.29) is 31.4 Å². The van der Waals surface area contributed by atoms with Gasteiger partial charge in [-0.3, -0.25) is 9.59 Å². The molecule has 0 heterocycles. The van der Waals surface area contributed by atoms with Gasteiger partial charge >= 0.3 is 0 Å². The normalized spacial score (nSPS) is 11.6. The summed E-state index contributed by atoms with van der Waals surface area (Å²) >= 11 is 0.